The van der Waals surface area contributed by atoms with Gasteiger partial charge in [0.1, 0.15) is 23.0 Å². The number of aromatic amines is 1. The first-order chi connectivity index (χ1) is 13.5. The summed E-state index contributed by atoms with van der Waals surface area (Å²) in [5.74, 6) is 0.0100. The van der Waals surface area contributed by atoms with Crippen molar-refractivity contribution in [1.82, 2.24) is 20.6 Å². The van der Waals surface area contributed by atoms with E-state index in [1.54, 1.807) is 0 Å². The van der Waals surface area contributed by atoms with Gasteiger partial charge in [-0.05, 0) is 30.5 Å². The zero-order chi connectivity index (χ0) is 20.1. The highest BCUT2D eigenvalue weighted by molar-refractivity contribution is 5.80. The van der Waals surface area contributed by atoms with Crippen LogP contribution < -0.4 is 10.2 Å². The van der Waals surface area contributed by atoms with E-state index >= 15 is 0 Å². The summed E-state index contributed by atoms with van der Waals surface area (Å²) in [6, 6.07) is 4.15. The Hall–Kier alpha value is -4.08. The minimum absolute atomic E-state index is 0.0100. The average Bonchev–Trinajstić information content (AvgIpc) is 3.23. The molecule has 3 rings (SSSR count). The van der Waals surface area contributed by atoms with E-state index in [9.17, 15) is 25.5 Å². The van der Waals surface area contributed by atoms with Crippen LogP contribution in [-0.2, 0) is 0 Å². The van der Waals surface area contributed by atoms with Gasteiger partial charge in [0.05, 0.1) is 15.9 Å². The normalized spacial score (nSPS) is 14.4. The van der Waals surface area contributed by atoms with Crippen LogP contribution in [0.15, 0.2) is 18.3 Å². The van der Waals surface area contributed by atoms with Crippen LogP contribution in [0.4, 0.5) is 22.7 Å². The first-order valence-corrected chi connectivity index (χ1v) is 8.33. The van der Waals surface area contributed by atoms with E-state index in [1.807, 2.05) is 11.0 Å². The standard InChI is InChI=1S/C15H15N9O4/c16-8-10(15-18-20-21-19-15)9-17-11-6-13(22-4-2-1-3-5-22)14(24(27)28)7-12(11)23(25)26/h6-7,9,17H,1-5H2,(H,18,19,20,21). The van der Waals surface area contributed by atoms with Crippen LogP contribution >= 0.6 is 0 Å². The minimum atomic E-state index is -0.719. The Morgan fingerprint density at radius 3 is 2.50 bits per heavy atom. The lowest BCUT2D eigenvalue weighted by Crippen LogP contribution is -2.30. The van der Waals surface area contributed by atoms with Gasteiger partial charge in [0, 0.05) is 19.3 Å². The lowest BCUT2D eigenvalue weighted by Gasteiger charge is -2.28. The van der Waals surface area contributed by atoms with Gasteiger partial charge in [-0.25, -0.2) is 0 Å². The molecule has 144 valence electrons. The van der Waals surface area contributed by atoms with Crippen LogP contribution in [0.1, 0.15) is 25.1 Å². The molecule has 0 aliphatic carbocycles. The van der Waals surface area contributed by atoms with Crippen LogP contribution in [0.2, 0.25) is 0 Å². The fraction of sp³-hybridized carbons (Fsp3) is 0.333. The molecule has 13 nitrogen and oxygen atoms in total. The molecule has 0 amide bonds. The summed E-state index contributed by atoms with van der Waals surface area (Å²) in [4.78, 5) is 23.4. The van der Waals surface area contributed by atoms with Crippen LogP contribution in [0, 0.1) is 31.6 Å². The van der Waals surface area contributed by atoms with Crippen molar-refractivity contribution in [3.05, 3.63) is 44.4 Å². The Kier molecular flexibility index (Phi) is 5.40. The van der Waals surface area contributed by atoms with Gasteiger partial charge in [-0.15, -0.1) is 10.2 Å². The van der Waals surface area contributed by atoms with Crippen LogP contribution in [0.3, 0.4) is 0 Å². The van der Waals surface area contributed by atoms with Gasteiger partial charge in [0.2, 0.25) is 5.82 Å². The molecule has 2 aromatic rings. The molecule has 2 N–H and O–H groups in total. The molecule has 1 aromatic carbocycles. The van der Waals surface area contributed by atoms with Gasteiger partial charge in [-0.1, -0.05) is 0 Å². The van der Waals surface area contributed by atoms with Gasteiger partial charge >= 0.3 is 0 Å². The van der Waals surface area contributed by atoms with Crippen molar-refractivity contribution in [3.63, 3.8) is 0 Å². The Labute approximate surface area is 157 Å². The zero-order valence-electron chi connectivity index (χ0n) is 14.5. The Balaban J connectivity index is 2.04. The van der Waals surface area contributed by atoms with Crippen molar-refractivity contribution in [2.24, 2.45) is 0 Å². The second-order valence-corrected chi connectivity index (χ2v) is 5.97. The predicted octanol–water partition coefficient (Wildman–Crippen LogP) is 1.98. The maximum absolute atomic E-state index is 11.5. The highest BCUT2D eigenvalue weighted by Gasteiger charge is 2.28. The first-order valence-electron chi connectivity index (χ1n) is 8.33. The highest BCUT2D eigenvalue weighted by Crippen LogP contribution is 2.39. The van der Waals surface area contributed by atoms with E-state index in [2.05, 4.69) is 25.9 Å². The number of nitriles is 1. The van der Waals surface area contributed by atoms with E-state index in [0.717, 1.165) is 25.3 Å². The zero-order valence-corrected chi connectivity index (χ0v) is 14.5. The minimum Gasteiger partial charge on any atom is -0.366 e. The smallest absolute Gasteiger partial charge is 0.299 e. The molecular weight excluding hydrogens is 370 g/mol. The van der Waals surface area contributed by atoms with Crippen molar-refractivity contribution in [3.8, 4) is 6.07 Å². The summed E-state index contributed by atoms with van der Waals surface area (Å²) in [6.45, 7) is 1.25. The molecule has 13 heteroatoms. The number of tetrazole rings is 1. The van der Waals surface area contributed by atoms with Crippen molar-refractivity contribution in [2.45, 2.75) is 19.3 Å². The third kappa shape index (κ3) is 3.85. The van der Waals surface area contributed by atoms with E-state index in [1.165, 1.54) is 12.3 Å². The van der Waals surface area contributed by atoms with Crippen molar-refractivity contribution >= 4 is 28.3 Å². The van der Waals surface area contributed by atoms with Crippen LogP contribution in [0.5, 0.6) is 0 Å². The Morgan fingerprint density at radius 2 is 1.93 bits per heavy atom. The maximum atomic E-state index is 11.5. The number of benzene rings is 1. The lowest BCUT2D eigenvalue weighted by molar-refractivity contribution is -0.393. The second-order valence-electron chi connectivity index (χ2n) is 5.97. The van der Waals surface area contributed by atoms with Gasteiger partial charge in [0.25, 0.3) is 11.4 Å². The molecule has 0 spiro atoms. The molecule has 28 heavy (non-hydrogen) atoms. The number of piperidine rings is 1. The molecule has 1 fully saturated rings. The molecule has 1 aromatic heterocycles. The predicted molar refractivity (Wildman–Crippen MR) is 97.2 cm³/mol. The Morgan fingerprint density at radius 1 is 1.21 bits per heavy atom. The van der Waals surface area contributed by atoms with Gasteiger partial charge in [-0.2, -0.15) is 10.5 Å². The fourth-order valence-corrected chi connectivity index (χ4v) is 2.94. The topological polar surface area (TPSA) is 180 Å². The van der Waals surface area contributed by atoms with Gasteiger partial charge in [0.15, 0.2) is 0 Å². The maximum Gasteiger partial charge on any atom is 0.299 e. The van der Waals surface area contributed by atoms with Crippen molar-refractivity contribution in [1.29, 1.82) is 5.26 Å². The fourth-order valence-electron chi connectivity index (χ4n) is 2.94. The summed E-state index contributed by atoms with van der Waals surface area (Å²) >= 11 is 0. The number of anilines is 2. The molecular formula is C15H15N9O4. The summed E-state index contributed by atoms with van der Waals surface area (Å²) in [5, 5.41) is 47.7. The number of nitrogens with one attached hydrogen (secondary N) is 2. The third-order valence-corrected chi connectivity index (χ3v) is 4.26. The molecule has 1 aliphatic rings. The highest BCUT2D eigenvalue weighted by atomic mass is 16.6. The summed E-state index contributed by atoms with van der Waals surface area (Å²) < 4.78 is 0. The number of nitrogens with zero attached hydrogens (tertiary/aromatic N) is 7. The molecule has 1 saturated heterocycles. The number of hydrogen-bond donors (Lipinski definition) is 2. The van der Waals surface area contributed by atoms with Crippen molar-refractivity contribution in [2.75, 3.05) is 23.3 Å². The lowest BCUT2D eigenvalue weighted by atomic mass is 10.1. The quantitative estimate of drug-likeness (QED) is 0.424. The van der Waals surface area contributed by atoms with Crippen molar-refractivity contribution < 1.29 is 9.85 Å². The second kappa shape index (κ2) is 8.08. The number of nitro groups is 2. The van der Waals surface area contributed by atoms with E-state index in [-0.39, 0.29) is 22.8 Å². The largest absolute Gasteiger partial charge is 0.366 e. The number of aromatic nitrogens is 4. The number of hydrogen-bond acceptors (Lipinski definition) is 10. The number of allylic oxidation sites excluding steroid dienone is 1. The first kappa shape index (κ1) is 18.7. The SMILES string of the molecule is N#CC(=CNc1cc(N2CCCCC2)c([N+](=O)[O-])cc1[N+](=O)[O-])c1nn[nH]n1. The number of rotatable bonds is 6. The molecule has 0 atom stereocenters. The molecule has 1 aliphatic heterocycles. The van der Waals surface area contributed by atoms with Gasteiger partial charge in [-0.3, -0.25) is 20.2 Å². The molecule has 2 heterocycles. The molecule has 0 unspecified atom stereocenters. The van der Waals surface area contributed by atoms with E-state index in [0.29, 0.717) is 18.8 Å². The average molecular weight is 385 g/mol. The Bertz CT molecular complexity index is 959. The molecule has 0 radical (unpaired) electrons. The number of H-pyrrole nitrogens is 1. The monoisotopic (exact) mass is 385 g/mol. The van der Waals surface area contributed by atoms with E-state index < -0.39 is 15.5 Å². The molecule has 0 bridgehead atoms. The van der Waals surface area contributed by atoms with Crippen LogP contribution in [-0.4, -0.2) is 43.6 Å². The summed E-state index contributed by atoms with van der Waals surface area (Å²) in [6.07, 6.45) is 3.99. The van der Waals surface area contributed by atoms with Gasteiger partial charge < -0.3 is 10.2 Å². The van der Waals surface area contributed by atoms with E-state index in [4.69, 9.17) is 0 Å². The number of nitro benzene ring substituents is 2. The third-order valence-electron chi connectivity index (χ3n) is 4.26. The molecule has 0 saturated carbocycles. The summed E-state index contributed by atoms with van der Waals surface area (Å²) in [7, 11) is 0. The van der Waals surface area contributed by atoms with Crippen LogP contribution in [0.25, 0.3) is 5.57 Å². The summed E-state index contributed by atoms with van der Waals surface area (Å²) in [5.41, 5.74) is -0.506.